The molecule has 1 N–H and O–H groups in total. The van der Waals surface area contributed by atoms with Crippen molar-refractivity contribution in [1.29, 1.82) is 0 Å². The molecule has 7 heteroatoms. The second-order valence-corrected chi connectivity index (χ2v) is 9.45. The van der Waals surface area contributed by atoms with E-state index in [1.807, 2.05) is 32.9 Å². The molecule has 0 aromatic heterocycles. The fourth-order valence-electron chi connectivity index (χ4n) is 3.62. The molecular formula is C25H28N2O4S. The average molecular weight is 453 g/mol. The van der Waals surface area contributed by atoms with Crippen molar-refractivity contribution in [2.75, 3.05) is 22.8 Å². The summed E-state index contributed by atoms with van der Waals surface area (Å²) >= 11 is 0. The summed E-state index contributed by atoms with van der Waals surface area (Å²) in [6, 6.07) is 19.0. The first-order valence-corrected chi connectivity index (χ1v) is 11.8. The molecule has 6 nitrogen and oxygen atoms in total. The number of carbonyl (C=O) groups is 1. The minimum atomic E-state index is -3.66. The zero-order valence-electron chi connectivity index (χ0n) is 18.8. The van der Waals surface area contributed by atoms with Gasteiger partial charge in [-0.15, -0.1) is 0 Å². The first-order valence-electron chi connectivity index (χ1n) is 10.4. The van der Waals surface area contributed by atoms with E-state index in [2.05, 4.69) is 5.32 Å². The molecule has 3 aromatic carbocycles. The molecule has 1 amide bonds. The van der Waals surface area contributed by atoms with Crippen LogP contribution in [0.2, 0.25) is 0 Å². The molecule has 3 rings (SSSR count). The van der Waals surface area contributed by atoms with Crippen LogP contribution in [0.3, 0.4) is 0 Å². The molecule has 3 aromatic rings. The Bertz CT molecular complexity index is 1170. The van der Waals surface area contributed by atoms with Gasteiger partial charge in [0.2, 0.25) is 0 Å². The molecule has 0 aliphatic heterocycles. The number of rotatable bonds is 8. The Hall–Kier alpha value is -3.32. The van der Waals surface area contributed by atoms with Crippen molar-refractivity contribution in [3.63, 3.8) is 0 Å². The van der Waals surface area contributed by atoms with E-state index >= 15 is 0 Å². The fourth-order valence-corrected chi connectivity index (χ4v) is 5.12. The number of anilines is 2. The quantitative estimate of drug-likeness (QED) is 0.530. The zero-order valence-corrected chi connectivity index (χ0v) is 19.6. The third-order valence-electron chi connectivity index (χ3n) is 5.05. The van der Waals surface area contributed by atoms with Gasteiger partial charge in [0.25, 0.3) is 15.9 Å². The van der Waals surface area contributed by atoms with Crippen LogP contribution in [0.15, 0.2) is 71.6 Å². The van der Waals surface area contributed by atoms with Crippen molar-refractivity contribution in [2.45, 2.75) is 32.6 Å². The smallest absolute Gasteiger partial charge is 0.264 e. The maximum Gasteiger partial charge on any atom is 0.264 e. The van der Waals surface area contributed by atoms with E-state index in [0.717, 1.165) is 22.4 Å². The molecule has 0 radical (unpaired) electrons. The van der Waals surface area contributed by atoms with Gasteiger partial charge in [0, 0.05) is 12.2 Å². The van der Waals surface area contributed by atoms with E-state index in [9.17, 15) is 13.2 Å². The van der Waals surface area contributed by atoms with E-state index in [0.29, 0.717) is 11.4 Å². The number of carbonyl (C=O) groups excluding carboxylic acids is 1. The molecule has 0 atom stereocenters. The van der Waals surface area contributed by atoms with Crippen LogP contribution in [0.4, 0.5) is 11.4 Å². The van der Waals surface area contributed by atoms with E-state index < -0.39 is 10.0 Å². The molecule has 0 bridgehead atoms. The van der Waals surface area contributed by atoms with Gasteiger partial charge in [-0.3, -0.25) is 9.10 Å². The van der Waals surface area contributed by atoms with Crippen LogP contribution in [0.5, 0.6) is 5.75 Å². The first-order chi connectivity index (χ1) is 15.2. The van der Waals surface area contributed by atoms with Gasteiger partial charge in [-0.25, -0.2) is 8.42 Å². The summed E-state index contributed by atoms with van der Waals surface area (Å²) in [4.78, 5) is 12.6. The van der Waals surface area contributed by atoms with Gasteiger partial charge < -0.3 is 10.1 Å². The van der Waals surface area contributed by atoms with Crippen LogP contribution < -0.4 is 14.4 Å². The zero-order chi connectivity index (χ0) is 23.3. The molecule has 0 heterocycles. The number of ether oxygens (including phenoxy) is 1. The highest BCUT2D eigenvalue weighted by molar-refractivity contribution is 7.92. The van der Waals surface area contributed by atoms with E-state index in [-0.39, 0.29) is 24.0 Å². The molecule has 0 aliphatic carbocycles. The number of nitrogens with one attached hydrogen (secondary N) is 1. The minimum absolute atomic E-state index is 0.147. The second kappa shape index (κ2) is 9.87. The summed E-state index contributed by atoms with van der Waals surface area (Å²) in [5, 5.41) is 2.90. The van der Waals surface area contributed by atoms with E-state index in [1.54, 1.807) is 61.5 Å². The Labute approximate surface area is 189 Å². The van der Waals surface area contributed by atoms with Crippen LogP contribution in [-0.2, 0) is 14.8 Å². The third-order valence-corrected chi connectivity index (χ3v) is 6.97. The molecule has 168 valence electrons. The molecule has 32 heavy (non-hydrogen) atoms. The topological polar surface area (TPSA) is 75.7 Å². The minimum Gasteiger partial charge on any atom is -0.484 e. The van der Waals surface area contributed by atoms with Gasteiger partial charge in [-0.2, -0.15) is 0 Å². The van der Waals surface area contributed by atoms with Gasteiger partial charge in [-0.1, -0.05) is 35.9 Å². The number of amides is 1. The van der Waals surface area contributed by atoms with Gasteiger partial charge in [-0.05, 0) is 75.2 Å². The van der Waals surface area contributed by atoms with Crippen molar-refractivity contribution in [1.82, 2.24) is 0 Å². The monoisotopic (exact) mass is 452 g/mol. The molecule has 0 saturated heterocycles. The lowest BCUT2D eigenvalue weighted by atomic mass is 10.1. The number of sulfonamides is 1. The summed E-state index contributed by atoms with van der Waals surface area (Å²) in [7, 11) is -3.66. The summed E-state index contributed by atoms with van der Waals surface area (Å²) < 4.78 is 32.8. The van der Waals surface area contributed by atoms with Crippen LogP contribution in [-0.4, -0.2) is 27.5 Å². The number of nitrogens with zero attached hydrogens (tertiary/aromatic N) is 1. The molecule has 0 spiro atoms. The Morgan fingerprint density at radius 3 is 2.09 bits per heavy atom. The van der Waals surface area contributed by atoms with Crippen LogP contribution >= 0.6 is 0 Å². The fraction of sp³-hybridized carbons (Fsp3) is 0.240. The highest BCUT2D eigenvalue weighted by atomic mass is 32.2. The highest BCUT2D eigenvalue weighted by Gasteiger charge is 2.23. The number of hydrogen-bond donors (Lipinski definition) is 1. The lowest BCUT2D eigenvalue weighted by molar-refractivity contribution is -0.118. The summed E-state index contributed by atoms with van der Waals surface area (Å²) in [5.41, 5.74) is 4.46. The number of hydrogen-bond acceptors (Lipinski definition) is 4. The SMILES string of the molecule is CCN(c1ccc(OCC(=O)Nc2c(C)cc(C)cc2C)cc1)S(=O)(=O)c1ccccc1. The highest BCUT2D eigenvalue weighted by Crippen LogP contribution is 2.26. The lowest BCUT2D eigenvalue weighted by Gasteiger charge is -2.23. The predicted octanol–water partition coefficient (Wildman–Crippen LogP) is 4.84. The largest absolute Gasteiger partial charge is 0.484 e. The Morgan fingerprint density at radius 2 is 1.53 bits per heavy atom. The van der Waals surface area contributed by atoms with Gasteiger partial charge in [0.1, 0.15) is 5.75 Å². The van der Waals surface area contributed by atoms with Crippen molar-refractivity contribution in [2.24, 2.45) is 0 Å². The Kier molecular flexibility index (Phi) is 7.20. The molecule has 0 aliphatic rings. The van der Waals surface area contributed by atoms with Crippen LogP contribution in [0.25, 0.3) is 0 Å². The number of aryl methyl sites for hydroxylation is 3. The molecule has 0 unspecified atom stereocenters. The van der Waals surface area contributed by atoms with E-state index in [4.69, 9.17) is 4.74 Å². The number of benzene rings is 3. The second-order valence-electron chi connectivity index (χ2n) is 7.59. The van der Waals surface area contributed by atoms with Crippen molar-refractivity contribution in [3.8, 4) is 5.75 Å². The molecular weight excluding hydrogens is 424 g/mol. The maximum atomic E-state index is 13.0. The van der Waals surface area contributed by atoms with Crippen molar-refractivity contribution >= 4 is 27.3 Å². The summed E-state index contributed by atoms with van der Waals surface area (Å²) in [6.07, 6.45) is 0. The Morgan fingerprint density at radius 1 is 0.938 bits per heavy atom. The molecule has 0 fully saturated rings. The van der Waals surface area contributed by atoms with E-state index in [1.165, 1.54) is 4.31 Å². The average Bonchev–Trinajstić information content (AvgIpc) is 2.76. The summed E-state index contributed by atoms with van der Waals surface area (Å²) in [5.74, 6) is 0.223. The standard InChI is InChI=1S/C25H28N2O4S/c1-5-27(32(29,30)23-9-7-6-8-10-23)21-11-13-22(14-12-21)31-17-24(28)26-25-19(3)15-18(2)16-20(25)4/h6-16H,5,17H2,1-4H3,(H,26,28). The van der Waals surface area contributed by atoms with Crippen LogP contribution in [0, 0.1) is 20.8 Å². The summed E-state index contributed by atoms with van der Waals surface area (Å²) in [6.45, 7) is 7.85. The first kappa shape index (κ1) is 23.3. The third kappa shape index (κ3) is 5.29. The Balaban J connectivity index is 1.66. The molecule has 0 saturated carbocycles. The van der Waals surface area contributed by atoms with Crippen molar-refractivity contribution in [3.05, 3.63) is 83.4 Å². The van der Waals surface area contributed by atoms with Gasteiger partial charge in [0.15, 0.2) is 6.61 Å². The van der Waals surface area contributed by atoms with Crippen molar-refractivity contribution < 1.29 is 17.9 Å². The maximum absolute atomic E-state index is 13.0. The van der Waals surface area contributed by atoms with Gasteiger partial charge >= 0.3 is 0 Å². The van der Waals surface area contributed by atoms with Gasteiger partial charge in [0.05, 0.1) is 10.6 Å². The van der Waals surface area contributed by atoms with Crippen LogP contribution in [0.1, 0.15) is 23.6 Å². The normalized spacial score (nSPS) is 11.1. The predicted molar refractivity (Wildman–Crippen MR) is 128 cm³/mol. The lowest BCUT2D eigenvalue weighted by Crippen LogP contribution is -2.30.